The van der Waals surface area contributed by atoms with Gasteiger partial charge in [0.1, 0.15) is 11.6 Å². The average molecular weight is 546 g/mol. The van der Waals surface area contributed by atoms with E-state index in [-0.39, 0.29) is 16.9 Å². The maximum atomic E-state index is 14.2. The molecule has 1 amide bonds. The first kappa shape index (κ1) is 27.8. The molecular formula is C35H35N3O3. The number of hydrogen-bond donors (Lipinski definition) is 0. The second-order valence-corrected chi connectivity index (χ2v) is 11.2. The van der Waals surface area contributed by atoms with E-state index in [0.717, 1.165) is 11.1 Å². The van der Waals surface area contributed by atoms with Crippen molar-refractivity contribution in [2.75, 3.05) is 7.11 Å². The molecule has 0 fully saturated rings. The van der Waals surface area contributed by atoms with E-state index >= 15 is 0 Å². The Morgan fingerprint density at radius 3 is 2.20 bits per heavy atom. The van der Waals surface area contributed by atoms with Gasteiger partial charge in [0, 0.05) is 12.1 Å². The van der Waals surface area contributed by atoms with Crippen molar-refractivity contribution in [1.82, 2.24) is 14.5 Å². The first-order valence-electron chi connectivity index (χ1n) is 13.8. The number of carbonyl (C=O) groups excluding carboxylic acids is 1. The molecule has 5 rings (SSSR count). The predicted molar refractivity (Wildman–Crippen MR) is 164 cm³/mol. The lowest BCUT2D eigenvalue weighted by molar-refractivity contribution is 0.0664. The second-order valence-electron chi connectivity index (χ2n) is 11.2. The molecule has 1 atom stereocenters. The number of para-hydroxylation sites is 3. The van der Waals surface area contributed by atoms with Crippen molar-refractivity contribution in [1.29, 1.82) is 0 Å². The minimum Gasteiger partial charge on any atom is -0.495 e. The first-order chi connectivity index (χ1) is 19.7. The summed E-state index contributed by atoms with van der Waals surface area (Å²) in [5, 5.41) is 0.494. The molecule has 0 N–H and O–H groups in total. The summed E-state index contributed by atoms with van der Waals surface area (Å²) in [4.78, 5) is 35.0. The SMILES string of the molecule is COc1ccccc1-n1c(C(C)N(Cc2ccccc2)C(=O)c2ccc(C(C)(C)C)cc2)nc2ccccc2c1=O. The van der Waals surface area contributed by atoms with Crippen LogP contribution in [0.25, 0.3) is 16.6 Å². The van der Waals surface area contributed by atoms with Gasteiger partial charge in [-0.15, -0.1) is 0 Å². The fourth-order valence-electron chi connectivity index (χ4n) is 5.06. The molecule has 0 saturated heterocycles. The highest BCUT2D eigenvalue weighted by Crippen LogP contribution is 2.30. The van der Waals surface area contributed by atoms with E-state index in [1.807, 2.05) is 104 Å². The molecule has 6 heteroatoms. The third kappa shape index (κ3) is 5.64. The molecular weight excluding hydrogens is 510 g/mol. The van der Waals surface area contributed by atoms with Crippen molar-refractivity contribution in [3.63, 3.8) is 0 Å². The van der Waals surface area contributed by atoms with Crippen molar-refractivity contribution < 1.29 is 9.53 Å². The fraction of sp³-hybridized carbons (Fsp3) is 0.229. The summed E-state index contributed by atoms with van der Waals surface area (Å²) in [7, 11) is 1.58. The van der Waals surface area contributed by atoms with E-state index in [0.29, 0.717) is 40.3 Å². The van der Waals surface area contributed by atoms with E-state index in [4.69, 9.17) is 9.72 Å². The van der Waals surface area contributed by atoms with E-state index in [9.17, 15) is 9.59 Å². The van der Waals surface area contributed by atoms with Crippen LogP contribution in [0.1, 0.15) is 61.0 Å². The van der Waals surface area contributed by atoms with Crippen molar-refractivity contribution >= 4 is 16.8 Å². The van der Waals surface area contributed by atoms with Crippen LogP contribution >= 0.6 is 0 Å². The molecule has 1 unspecified atom stereocenters. The standard InChI is InChI=1S/C35H35N3O3/c1-24(32-36-29-16-10-9-15-28(29)34(40)38(32)30-17-11-12-18-31(30)41-5)37(23-25-13-7-6-8-14-25)33(39)26-19-21-27(22-20-26)35(2,3)4/h6-22,24H,23H2,1-5H3. The zero-order valence-electron chi connectivity index (χ0n) is 24.2. The van der Waals surface area contributed by atoms with Crippen LogP contribution < -0.4 is 10.3 Å². The van der Waals surface area contributed by atoms with Crippen LogP contribution in [0.2, 0.25) is 0 Å². The molecule has 1 aromatic heterocycles. The average Bonchev–Trinajstić information content (AvgIpc) is 2.99. The quantitative estimate of drug-likeness (QED) is 0.219. The Morgan fingerprint density at radius 1 is 0.878 bits per heavy atom. The highest BCUT2D eigenvalue weighted by Gasteiger charge is 2.29. The Bertz CT molecular complexity index is 1740. The number of methoxy groups -OCH3 is 1. The topological polar surface area (TPSA) is 64.4 Å². The molecule has 6 nitrogen and oxygen atoms in total. The Balaban J connectivity index is 1.69. The number of ether oxygens (including phenoxy) is 1. The monoisotopic (exact) mass is 545 g/mol. The van der Waals surface area contributed by atoms with Crippen LogP contribution in [-0.2, 0) is 12.0 Å². The maximum Gasteiger partial charge on any atom is 0.266 e. The minimum absolute atomic E-state index is 0.0293. The van der Waals surface area contributed by atoms with Crippen molar-refractivity contribution in [3.8, 4) is 11.4 Å². The lowest BCUT2D eigenvalue weighted by Gasteiger charge is -2.31. The zero-order valence-corrected chi connectivity index (χ0v) is 24.2. The number of carbonyl (C=O) groups is 1. The normalized spacial score (nSPS) is 12.2. The fourth-order valence-corrected chi connectivity index (χ4v) is 5.06. The maximum absolute atomic E-state index is 14.2. The number of aromatic nitrogens is 2. The summed E-state index contributed by atoms with van der Waals surface area (Å²) >= 11 is 0. The molecule has 41 heavy (non-hydrogen) atoms. The van der Waals surface area contributed by atoms with Crippen LogP contribution in [-0.4, -0.2) is 27.5 Å². The van der Waals surface area contributed by atoms with Gasteiger partial charge in [0.2, 0.25) is 0 Å². The Labute approximate surface area is 240 Å². The van der Waals surface area contributed by atoms with E-state index in [2.05, 4.69) is 20.8 Å². The summed E-state index contributed by atoms with van der Waals surface area (Å²) < 4.78 is 7.23. The molecule has 0 bridgehead atoms. The molecule has 0 saturated carbocycles. The van der Waals surface area contributed by atoms with Crippen molar-refractivity contribution in [2.24, 2.45) is 0 Å². The number of benzene rings is 4. The number of rotatable bonds is 7. The summed E-state index contributed by atoms with van der Waals surface area (Å²) in [6, 6.07) is 31.7. The number of nitrogens with zero attached hydrogens (tertiary/aromatic N) is 3. The lowest BCUT2D eigenvalue weighted by Crippen LogP contribution is -2.37. The third-order valence-electron chi connectivity index (χ3n) is 7.42. The summed E-state index contributed by atoms with van der Waals surface area (Å²) in [6.45, 7) is 8.71. The van der Waals surface area contributed by atoms with Gasteiger partial charge in [-0.3, -0.25) is 14.2 Å². The van der Waals surface area contributed by atoms with Crippen LogP contribution in [0.5, 0.6) is 5.75 Å². The van der Waals surface area contributed by atoms with Gasteiger partial charge in [0.05, 0.1) is 29.7 Å². The molecule has 5 aromatic rings. The van der Waals surface area contributed by atoms with E-state index < -0.39 is 6.04 Å². The second kappa shape index (κ2) is 11.4. The largest absolute Gasteiger partial charge is 0.495 e. The number of fused-ring (bicyclic) bond motifs is 1. The van der Waals surface area contributed by atoms with E-state index in [1.54, 1.807) is 22.6 Å². The van der Waals surface area contributed by atoms with Crippen molar-refractivity contribution in [2.45, 2.75) is 45.7 Å². The van der Waals surface area contributed by atoms with Crippen LogP contribution in [0.15, 0.2) is 108 Å². The Kier molecular flexibility index (Phi) is 7.75. The van der Waals surface area contributed by atoms with Gasteiger partial charge in [-0.1, -0.05) is 87.5 Å². The molecule has 0 aliphatic heterocycles. The smallest absolute Gasteiger partial charge is 0.266 e. The lowest BCUT2D eigenvalue weighted by atomic mass is 9.86. The molecule has 0 radical (unpaired) electrons. The summed E-state index contributed by atoms with van der Waals surface area (Å²) in [6.07, 6.45) is 0. The zero-order chi connectivity index (χ0) is 29.1. The van der Waals surface area contributed by atoms with Gasteiger partial charge < -0.3 is 9.64 Å². The Morgan fingerprint density at radius 2 is 1.51 bits per heavy atom. The Hall–Kier alpha value is -4.71. The van der Waals surface area contributed by atoms with Gasteiger partial charge >= 0.3 is 0 Å². The minimum atomic E-state index is -0.563. The van der Waals surface area contributed by atoms with Crippen LogP contribution in [0, 0.1) is 0 Å². The number of hydrogen-bond acceptors (Lipinski definition) is 4. The third-order valence-corrected chi connectivity index (χ3v) is 7.42. The number of amides is 1. The van der Waals surface area contributed by atoms with Gasteiger partial charge in [-0.05, 0) is 59.9 Å². The molecule has 208 valence electrons. The molecule has 1 heterocycles. The van der Waals surface area contributed by atoms with Gasteiger partial charge in [-0.2, -0.15) is 0 Å². The van der Waals surface area contributed by atoms with Crippen LogP contribution in [0.4, 0.5) is 0 Å². The summed E-state index contributed by atoms with van der Waals surface area (Å²) in [5.74, 6) is 0.850. The van der Waals surface area contributed by atoms with E-state index in [1.165, 1.54) is 0 Å². The molecule has 0 aliphatic carbocycles. The molecule has 0 spiro atoms. The highest BCUT2D eigenvalue weighted by atomic mass is 16.5. The first-order valence-corrected chi connectivity index (χ1v) is 13.8. The van der Waals surface area contributed by atoms with Crippen molar-refractivity contribution in [3.05, 3.63) is 136 Å². The van der Waals surface area contributed by atoms with Gasteiger partial charge in [-0.25, -0.2) is 4.98 Å². The predicted octanol–water partition coefficient (Wildman–Crippen LogP) is 7.10. The van der Waals surface area contributed by atoms with Crippen LogP contribution in [0.3, 0.4) is 0 Å². The van der Waals surface area contributed by atoms with Gasteiger partial charge in [0.15, 0.2) is 0 Å². The summed E-state index contributed by atoms with van der Waals surface area (Å²) in [5.41, 5.74) is 3.60. The molecule has 0 aliphatic rings. The van der Waals surface area contributed by atoms with Gasteiger partial charge in [0.25, 0.3) is 11.5 Å². The molecule has 4 aromatic carbocycles. The highest BCUT2D eigenvalue weighted by molar-refractivity contribution is 5.94.